The van der Waals surface area contributed by atoms with Crippen LogP contribution in [-0.4, -0.2) is 133 Å². The summed E-state index contributed by atoms with van der Waals surface area (Å²) in [6, 6.07) is 6.05. The lowest BCUT2D eigenvalue weighted by Gasteiger charge is -2.46. The number of ether oxygens (including phenoxy) is 5. The minimum Gasteiger partial charge on any atom is -0.508 e. The van der Waals surface area contributed by atoms with E-state index >= 15 is 0 Å². The summed E-state index contributed by atoms with van der Waals surface area (Å²) in [5.41, 5.74) is -1.09. The van der Waals surface area contributed by atoms with E-state index in [0.29, 0.717) is 17.6 Å². The smallest absolute Gasteiger partial charge is 0.187 e. The Morgan fingerprint density at radius 3 is 2.38 bits per heavy atom. The molecule has 14 heteroatoms. The van der Waals surface area contributed by atoms with Gasteiger partial charge in [-0.25, -0.2) is 0 Å². The summed E-state index contributed by atoms with van der Waals surface area (Å²) in [5.74, 6) is -0.891. The van der Waals surface area contributed by atoms with Gasteiger partial charge < -0.3 is 64.5 Å². The predicted octanol–water partition coefficient (Wildman–Crippen LogP) is -2.88. The van der Waals surface area contributed by atoms with E-state index in [0.717, 1.165) is 0 Å². The Kier molecular flexibility index (Phi) is 8.48. The summed E-state index contributed by atoms with van der Waals surface area (Å²) in [7, 11) is 0. The highest BCUT2D eigenvalue weighted by atomic mass is 16.7. The highest BCUT2D eigenvalue weighted by Crippen LogP contribution is 2.39. The highest BCUT2D eigenvalue weighted by Gasteiger charge is 2.53. The Morgan fingerprint density at radius 2 is 1.70 bits per heavy atom. The maximum atomic E-state index is 13.3. The van der Waals surface area contributed by atoms with Gasteiger partial charge >= 0.3 is 0 Å². The minimum absolute atomic E-state index is 0.0429. The number of phenolic OH excluding ortho intramolecular Hbond substituents is 1. The van der Waals surface area contributed by atoms with Crippen LogP contribution in [0.2, 0.25) is 0 Å². The summed E-state index contributed by atoms with van der Waals surface area (Å²) < 4.78 is 28.0. The normalized spacial score (nSPS) is 43.6. The SMILES string of the molecule is O=C1C(c2ccc(O)cc2)=COC2C1CCC(O)C2O[C@@H]1O[C@H](CO[C@@H]2OCC(O)(CO)[C@H]2O)[C@@H](O)[C@H](O)[C@H]1O. The molecule has 14 nitrogen and oxygen atoms in total. The molecule has 12 atom stereocenters. The van der Waals surface area contributed by atoms with E-state index in [2.05, 4.69) is 0 Å². The molecule has 0 aromatic heterocycles. The van der Waals surface area contributed by atoms with Gasteiger partial charge in [0.05, 0.1) is 43.7 Å². The van der Waals surface area contributed by atoms with Crippen LogP contribution in [0.4, 0.5) is 0 Å². The number of phenols is 1. The number of carbonyl (C=O) groups excluding carboxylic acids is 1. The Balaban J connectivity index is 1.27. The summed E-state index contributed by atoms with van der Waals surface area (Å²) in [6.07, 6.45) is -12.4. The third-order valence-corrected chi connectivity index (χ3v) is 7.96. The lowest BCUT2D eigenvalue weighted by molar-refractivity contribution is -0.333. The third-order valence-electron chi connectivity index (χ3n) is 7.96. The third kappa shape index (κ3) is 5.37. The van der Waals surface area contributed by atoms with Gasteiger partial charge in [-0.1, -0.05) is 12.1 Å². The van der Waals surface area contributed by atoms with Crippen molar-refractivity contribution < 1.29 is 69.3 Å². The van der Waals surface area contributed by atoms with Crippen molar-refractivity contribution in [1.29, 1.82) is 0 Å². The second-order valence-electron chi connectivity index (χ2n) is 10.6. The van der Waals surface area contributed by atoms with Gasteiger partial charge in [-0.05, 0) is 30.5 Å². The Hall–Kier alpha value is -2.21. The van der Waals surface area contributed by atoms with Crippen LogP contribution >= 0.6 is 0 Å². The largest absolute Gasteiger partial charge is 0.508 e. The highest BCUT2D eigenvalue weighted by molar-refractivity contribution is 6.22. The lowest BCUT2D eigenvalue weighted by Crippen LogP contribution is -2.62. The lowest BCUT2D eigenvalue weighted by atomic mass is 9.76. The van der Waals surface area contributed by atoms with Crippen LogP contribution in [-0.2, 0) is 28.5 Å². The molecule has 5 unspecified atom stereocenters. The van der Waals surface area contributed by atoms with Crippen molar-refractivity contribution in [2.24, 2.45) is 5.92 Å². The fraction of sp³-hybridized carbons (Fsp3) is 0.654. The number of ketones is 1. The first-order chi connectivity index (χ1) is 19.0. The quantitative estimate of drug-likeness (QED) is 0.165. The Morgan fingerprint density at radius 1 is 0.975 bits per heavy atom. The van der Waals surface area contributed by atoms with E-state index in [4.69, 9.17) is 23.7 Å². The number of aliphatic hydroxyl groups excluding tert-OH is 6. The molecule has 1 aliphatic carbocycles. The van der Waals surface area contributed by atoms with E-state index in [9.17, 15) is 45.6 Å². The molecule has 1 aromatic carbocycles. The number of rotatable bonds is 7. The number of carbonyl (C=O) groups is 1. The monoisotopic (exact) mass is 570 g/mol. The fourth-order valence-corrected chi connectivity index (χ4v) is 5.45. The number of hydrogen-bond donors (Lipinski definition) is 8. The summed E-state index contributed by atoms with van der Waals surface area (Å²) in [6.45, 7) is -1.65. The second-order valence-corrected chi connectivity index (χ2v) is 10.6. The van der Waals surface area contributed by atoms with Gasteiger partial charge in [0.2, 0.25) is 0 Å². The number of aliphatic hydroxyl groups is 7. The standard InChI is InChI=1S/C26H34O14/c27-9-26(35)10-38-25(23(26)34)37-8-16-18(31)19(32)20(33)24(39-16)40-22-15(29)6-5-13-17(30)14(7-36-21(13)22)11-1-3-12(28)4-2-11/h1-4,7,13,15-16,18-25,27-29,31-35H,5-6,8-10H2/t13?,15?,16-,18-,19+,20-,21?,22?,23+,24+,25-,26?/m1/s1. The van der Waals surface area contributed by atoms with Crippen LogP contribution in [0.5, 0.6) is 5.75 Å². The van der Waals surface area contributed by atoms with Gasteiger partial charge in [0.15, 0.2) is 18.4 Å². The molecule has 3 aliphatic heterocycles. The van der Waals surface area contributed by atoms with Crippen LogP contribution in [0.1, 0.15) is 18.4 Å². The molecule has 1 saturated carbocycles. The number of hydrogen-bond acceptors (Lipinski definition) is 14. The van der Waals surface area contributed by atoms with E-state index < -0.39 is 92.8 Å². The minimum atomic E-state index is -1.93. The molecule has 40 heavy (non-hydrogen) atoms. The number of Topliss-reactive ketones (excluding diaryl/α,β-unsaturated/α-hetero) is 1. The number of fused-ring (bicyclic) bond motifs is 1. The average Bonchev–Trinajstić information content (AvgIpc) is 3.24. The molecule has 0 radical (unpaired) electrons. The first kappa shape index (κ1) is 29.3. The molecule has 0 bridgehead atoms. The maximum Gasteiger partial charge on any atom is 0.187 e. The van der Waals surface area contributed by atoms with Crippen molar-refractivity contribution in [3.8, 4) is 5.75 Å². The second kappa shape index (κ2) is 11.6. The molecule has 8 N–H and O–H groups in total. The van der Waals surface area contributed by atoms with Gasteiger partial charge in [0.25, 0.3) is 0 Å². The molecule has 3 fully saturated rings. The van der Waals surface area contributed by atoms with Crippen molar-refractivity contribution in [3.05, 3.63) is 36.1 Å². The zero-order chi connectivity index (χ0) is 28.8. The topological polar surface area (TPSA) is 225 Å². The average molecular weight is 571 g/mol. The molecular formula is C26H34O14. The molecule has 0 spiro atoms. The molecule has 222 valence electrons. The molecule has 1 aromatic rings. The number of allylic oxidation sites excluding steroid dienone is 1. The van der Waals surface area contributed by atoms with Crippen LogP contribution in [0, 0.1) is 5.92 Å². The van der Waals surface area contributed by atoms with Crippen molar-refractivity contribution in [2.75, 3.05) is 19.8 Å². The van der Waals surface area contributed by atoms with Crippen LogP contribution in [0.15, 0.2) is 30.5 Å². The zero-order valence-electron chi connectivity index (χ0n) is 21.3. The predicted molar refractivity (Wildman–Crippen MR) is 130 cm³/mol. The Bertz CT molecular complexity index is 1080. The molecule has 5 rings (SSSR count). The van der Waals surface area contributed by atoms with E-state index in [1.165, 1.54) is 18.4 Å². The van der Waals surface area contributed by atoms with Crippen LogP contribution < -0.4 is 0 Å². The fourth-order valence-electron chi connectivity index (χ4n) is 5.45. The molecule has 2 saturated heterocycles. The first-order valence-electron chi connectivity index (χ1n) is 13.0. The van der Waals surface area contributed by atoms with Gasteiger partial charge in [0.1, 0.15) is 54.1 Å². The van der Waals surface area contributed by atoms with Crippen LogP contribution in [0.3, 0.4) is 0 Å². The number of aromatic hydroxyl groups is 1. The summed E-state index contributed by atoms with van der Waals surface area (Å²) in [4.78, 5) is 13.3. The molecular weight excluding hydrogens is 536 g/mol. The van der Waals surface area contributed by atoms with Gasteiger partial charge in [0, 0.05) is 0 Å². The van der Waals surface area contributed by atoms with E-state index in [-0.39, 0.29) is 18.0 Å². The summed E-state index contributed by atoms with van der Waals surface area (Å²) in [5, 5.41) is 81.3. The van der Waals surface area contributed by atoms with Crippen molar-refractivity contribution in [2.45, 2.75) is 79.9 Å². The number of benzene rings is 1. The van der Waals surface area contributed by atoms with Gasteiger partial charge in [-0.2, -0.15) is 0 Å². The Labute approximate surface area is 228 Å². The maximum absolute atomic E-state index is 13.3. The van der Waals surface area contributed by atoms with E-state index in [1.54, 1.807) is 12.1 Å². The molecule has 0 amide bonds. The molecule has 3 heterocycles. The summed E-state index contributed by atoms with van der Waals surface area (Å²) >= 11 is 0. The van der Waals surface area contributed by atoms with Crippen molar-refractivity contribution >= 4 is 11.4 Å². The zero-order valence-corrected chi connectivity index (χ0v) is 21.3. The van der Waals surface area contributed by atoms with Crippen molar-refractivity contribution in [3.63, 3.8) is 0 Å². The van der Waals surface area contributed by atoms with Gasteiger partial charge in [-0.15, -0.1) is 0 Å². The van der Waals surface area contributed by atoms with Crippen LogP contribution in [0.25, 0.3) is 5.57 Å². The van der Waals surface area contributed by atoms with Crippen molar-refractivity contribution in [1.82, 2.24) is 0 Å². The molecule has 4 aliphatic rings. The van der Waals surface area contributed by atoms with E-state index in [1.807, 2.05) is 0 Å². The first-order valence-corrected chi connectivity index (χ1v) is 13.0. The van der Waals surface area contributed by atoms with Gasteiger partial charge in [-0.3, -0.25) is 4.79 Å².